The first kappa shape index (κ1) is 13.1. The maximum atomic E-state index is 12.0. The number of benzene rings is 1. The van der Waals surface area contributed by atoms with E-state index in [2.05, 4.69) is 9.72 Å². The molecule has 0 saturated heterocycles. The molecule has 3 nitrogen and oxygen atoms in total. The summed E-state index contributed by atoms with van der Waals surface area (Å²) in [7, 11) is 0. The van der Waals surface area contributed by atoms with E-state index in [0.29, 0.717) is 23.0 Å². The van der Waals surface area contributed by atoms with Crippen LogP contribution in [-0.4, -0.2) is 17.6 Å². The van der Waals surface area contributed by atoms with Gasteiger partial charge in [0.2, 0.25) is 0 Å². The van der Waals surface area contributed by atoms with Gasteiger partial charge in [-0.05, 0) is 23.8 Å². The summed E-state index contributed by atoms with van der Waals surface area (Å²) in [4.78, 5) is 14.5. The molecular weight excluding hydrogens is 259 g/mol. The highest BCUT2D eigenvalue weighted by atomic mass is 19.4. The van der Waals surface area contributed by atoms with Gasteiger partial charge in [-0.2, -0.15) is 0 Å². The molecule has 0 N–H and O–H groups in total. The van der Waals surface area contributed by atoms with Gasteiger partial charge in [0, 0.05) is 23.5 Å². The van der Waals surface area contributed by atoms with E-state index < -0.39 is 6.36 Å². The standard InChI is InChI=1S/C13H8F3NO2/c14-13(15,16)19-12-3-1-10(2-4-12)11-5-9(8-18)6-17-7-11/h1-8H. The Morgan fingerprint density at radius 2 is 1.74 bits per heavy atom. The molecule has 0 bridgehead atoms. The molecule has 2 aromatic rings. The van der Waals surface area contributed by atoms with Crippen molar-refractivity contribution >= 4 is 6.29 Å². The molecule has 0 spiro atoms. The van der Waals surface area contributed by atoms with Crippen LogP contribution in [0.4, 0.5) is 13.2 Å². The lowest BCUT2D eigenvalue weighted by Gasteiger charge is -2.09. The van der Waals surface area contributed by atoms with Gasteiger partial charge in [-0.15, -0.1) is 13.2 Å². The minimum Gasteiger partial charge on any atom is -0.406 e. The smallest absolute Gasteiger partial charge is 0.406 e. The molecule has 0 saturated carbocycles. The van der Waals surface area contributed by atoms with Crippen LogP contribution in [0, 0.1) is 0 Å². The first-order valence-corrected chi connectivity index (χ1v) is 5.24. The van der Waals surface area contributed by atoms with E-state index in [1.807, 2.05) is 0 Å². The molecule has 19 heavy (non-hydrogen) atoms. The van der Waals surface area contributed by atoms with Crippen LogP contribution in [0.3, 0.4) is 0 Å². The van der Waals surface area contributed by atoms with Crippen LogP contribution < -0.4 is 4.74 Å². The largest absolute Gasteiger partial charge is 0.573 e. The van der Waals surface area contributed by atoms with Crippen LogP contribution in [-0.2, 0) is 0 Å². The number of rotatable bonds is 3. The Morgan fingerprint density at radius 3 is 2.32 bits per heavy atom. The number of aldehydes is 1. The molecule has 0 fully saturated rings. The second-order valence-electron chi connectivity index (χ2n) is 3.70. The van der Waals surface area contributed by atoms with E-state index in [1.165, 1.54) is 36.7 Å². The highest BCUT2D eigenvalue weighted by Crippen LogP contribution is 2.26. The summed E-state index contributed by atoms with van der Waals surface area (Å²) in [5.41, 5.74) is 1.68. The summed E-state index contributed by atoms with van der Waals surface area (Å²) in [6.07, 6.45) is -1.14. The minimum absolute atomic E-state index is 0.296. The molecule has 0 atom stereocenters. The summed E-state index contributed by atoms with van der Waals surface area (Å²) in [5.74, 6) is -0.296. The Kier molecular flexibility index (Phi) is 3.50. The predicted octanol–water partition coefficient (Wildman–Crippen LogP) is 3.46. The summed E-state index contributed by atoms with van der Waals surface area (Å²) in [6, 6.07) is 6.94. The zero-order chi connectivity index (χ0) is 13.9. The number of hydrogen-bond donors (Lipinski definition) is 0. The average molecular weight is 267 g/mol. The van der Waals surface area contributed by atoms with Crippen LogP contribution in [0.1, 0.15) is 10.4 Å². The van der Waals surface area contributed by atoms with Crippen LogP contribution >= 0.6 is 0 Å². The lowest BCUT2D eigenvalue weighted by atomic mass is 10.1. The van der Waals surface area contributed by atoms with Crippen molar-refractivity contribution < 1.29 is 22.7 Å². The fourth-order valence-corrected chi connectivity index (χ4v) is 1.53. The van der Waals surface area contributed by atoms with E-state index in [9.17, 15) is 18.0 Å². The van der Waals surface area contributed by atoms with Crippen molar-refractivity contribution in [2.24, 2.45) is 0 Å². The fourth-order valence-electron chi connectivity index (χ4n) is 1.53. The molecule has 1 aromatic heterocycles. The Balaban J connectivity index is 2.24. The molecule has 6 heteroatoms. The molecule has 0 radical (unpaired) electrons. The molecule has 0 aliphatic carbocycles. The van der Waals surface area contributed by atoms with Crippen molar-refractivity contribution in [3.63, 3.8) is 0 Å². The van der Waals surface area contributed by atoms with Crippen LogP contribution in [0.25, 0.3) is 11.1 Å². The van der Waals surface area contributed by atoms with Gasteiger partial charge in [0.15, 0.2) is 6.29 Å². The summed E-state index contributed by atoms with van der Waals surface area (Å²) in [6.45, 7) is 0. The number of carbonyl (C=O) groups is 1. The van der Waals surface area contributed by atoms with Gasteiger partial charge in [-0.1, -0.05) is 12.1 Å². The maximum Gasteiger partial charge on any atom is 0.573 e. The SMILES string of the molecule is O=Cc1cncc(-c2ccc(OC(F)(F)F)cc2)c1. The highest BCUT2D eigenvalue weighted by molar-refractivity contribution is 5.77. The van der Waals surface area contributed by atoms with E-state index in [4.69, 9.17) is 0 Å². The number of halogens is 3. The number of aromatic nitrogens is 1. The van der Waals surface area contributed by atoms with E-state index in [0.717, 1.165) is 0 Å². The number of alkyl halides is 3. The van der Waals surface area contributed by atoms with Crippen molar-refractivity contribution in [1.82, 2.24) is 4.98 Å². The summed E-state index contributed by atoms with van der Waals surface area (Å²) in [5, 5.41) is 0. The Hall–Kier alpha value is -2.37. The molecule has 2 rings (SSSR count). The molecule has 0 unspecified atom stereocenters. The van der Waals surface area contributed by atoms with Gasteiger partial charge < -0.3 is 4.74 Å². The number of pyridine rings is 1. The molecule has 1 aromatic carbocycles. The van der Waals surface area contributed by atoms with Crippen molar-refractivity contribution in [2.75, 3.05) is 0 Å². The fraction of sp³-hybridized carbons (Fsp3) is 0.0769. The van der Waals surface area contributed by atoms with Crippen molar-refractivity contribution in [2.45, 2.75) is 6.36 Å². The zero-order valence-corrected chi connectivity index (χ0v) is 9.52. The Bertz CT molecular complexity index is 579. The maximum absolute atomic E-state index is 12.0. The lowest BCUT2D eigenvalue weighted by molar-refractivity contribution is -0.274. The lowest BCUT2D eigenvalue weighted by Crippen LogP contribution is -2.16. The number of hydrogen-bond acceptors (Lipinski definition) is 3. The number of carbonyl (C=O) groups excluding carboxylic acids is 1. The van der Waals surface area contributed by atoms with Crippen molar-refractivity contribution in [1.29, 1.82) is 0 Å². The van der Waals surface area contributed by atoms with Gasteiger partial charge in [-0.25, -0.2) is 0 Å². The Morgan fingerprint density at radius 1 is 1.05 bits per heavy atom. The zero-order valence-electron chi connectivity index (χ0n) is 9.52. The topological polar surface area (TPSA) is 39.2 Å². The molecule has 1 heterocycles. The van der Waals surface area contributed by atoms with Crippen LogP contribution in [0.15, 0.2) is 42.7 Å². The van der Waals surface area contributed by atoms with E-state index >= 15 is 0 Å². The third kappa shape index (κ3) is 3.54. The third-order valence-electron chi connectivity index (χ3n) is 2.32. The molecule has 0 amide bonds. The molecule has 0 aliphatic heterocycles. The monoisotopic (exact) mass is 267 g/mol. The Labute approximate surface area is 106 Å². The van der Waals surface area contributed by atoms with Gasteiger partial charge in [0.25, 0.3) is 0 Å². The van der Waals surface area contributed by atoms with Gasteiger partial charge in [-0.3, -0.25) is 9.78 Å². The summed E-state index contributed by atoms with van der Waals surface area (Å²) >= 11 is 0. The normalized spacial score (nSPS) is 11.1. The molecule has 0 aliphatic rings. The van der Waals surface area contributed by atoms with Crippen LogP contribution in [0.5, 0.6) is 5.75 Å². The third-order valence-corrected chi connectivity index (χ3v) is 2.32. The van der Waals surface area contributed by atoms with Crippen molar-refractivity contribution in [3.05, 3.63) is 48.3 Å². The second kappa shape index (κ2) is 5.09. The van der Waals surface area contributed by atoms with Crippen LogP contribution in [0.2, 0.25) is 0 Å². The predicted molar refractivity (Wildman–Crippen MR) is 61.7 cm³/mol. The van der Waals surface area contributed by atoms with Gasteiger partial charge in [0.05, 0.1) is 0 Å². The van der Waals surface area contributed by atoms with E-state index in [-0.39, 0.29) is 5.75 Å². The second-order valence-corrected chi connectivity index (χ2v) is 3.70. The first-order chi connectivity index (χ1) is 8.98. The van der Waals surface area contributed by atoms with Gasteiger partial charge >= 0.3 is 6.36 Å². The van der Waals surface area contributed by atoms with E-state index in [1.54, 1.807) is 6.07 Å². The minimum atomic E-state index is -4.71. The molecule has 98 valence electrons. The quantitative estimate of drug-likeness (QED) is 0.799. The number of nitrogens with zero attached hydrogens (tertiary/aromatic N) is 1. The van der Waals surface area contributed by atoms with Crippen molar-refractivity contribution in [3.8, 4) is 16.9 Å². The molecular formula is C13H8F3NO2. The first-order valence-electron chi connectivity index (χ1n) is 5.24. The highest BCUT2D eigenvalue weighted by Gasteiger charge is 2.30. The average Bonchev–Trinajstić information content (AvgIpc) is 2.38. The number of ether oxygens (including phenoxy) is 1. The van der Waals surface area contributed by atoms with Gasteiger partial charge in [0.1, 0.15) is 5.75 Å². The summed E-state index contributed by atoms with van der Waals surface area (Å²) < 4.78 is 39.7.